The van der Waals surface area contributed by atoms with Crippen molar-refractivity contribution in [3.8, 4) is 84.5 Å². The first-order valence-electron chi connectivity index (χ1n) is 23.0. The molecule has 327 valence electrons. The Hall–Kier alpha value is -7.63. The van der Waals surface area contributed by atoms with Crippen LogP contribution in [0.1, 0.15) is 49.9 Å². The van der Waals surface area contributed by atoms with E-state index in [1.54, 1.807) is 0 Å². The Labute approximate surface area is 409 Å². The SMILES string of the molecule is CC1(C)c2ccccc2-c2cc3c(cc21)-c1cc(-c2ccc4c5cc(-c6cc[c-]c(-c7ccccn7)c6)ccc5n(-c5nc(-c6ccccc6)nc(-c6ccccc6)n5)c4c2)ccc1C3(C)C.[Ir]. The van der Waals surface area contributed by atoms with Crippen molar-refractivity contribution in [3.05, 3.63) is 223 Å². The van der Waals surface area contributed by atoms with Gasteiger partial charge in [0, 0.05) is 59.0 Å². The van der Waals surface area contributed by atoms with E-state index in [0.717, 1.165) is 66.4 Å². The summed E-state index contributed by atoms with van der Waals surface area (Å²) in [6, 6.07) is 70.7. The largest absolute Gasteiger partial charge is 0.305 e. The van der Waals surface area contributed by atoms with Crippen molar-refractivity contribution >= 4 is 21.8 Å². The summed E-state index contributed by atoms with van der Waals surface area (Å²) in [5, 5.41) is 2.22. The molecule has 0 N–H and O–H groups in total. The summed E-state index contributed by atoms with van der Waals surface area (Å²) in [6.07, 6.45) is 1.83. The first-order valence-corrected chi connectivity index (χ1v) is 23.0. The molecular formula is C62H44IrN5-. The molecule has 6 heteroatoms. The Balaban J connectivity index is 0.00000480. The molecule has 0 spiro atoms. The molecule has 0 unspecified atom stereocenters. The topological polar surface area (TPSA) is 56.5 Å². The van der Waals surface area contributed by atoms with Gasteiger partial charge in [-0.2, -0.15) is 9.97 Å². The second-order valence-electron chi connectivity index (χ2n) is 19.0. The van der Waals surface area contributed by atoms with Gasteiger partial charge >= 0.3 is 0 Å². The molecule has 1 radical (unpaired) electrons. The molecule has 11 aromatic rings. The Bertz CT molecular complexity index is 3740. The number of pyridine rings is 1. The van der Waals surface area contributed by atoms with E-state index in [4.69, 9.17) is 15.0 Å². The molecule has 68 heavy (non-hydrogen) atoms. The number of hydrogen-bond acceptors (Lipinski definition) is 4. The van der Waals surface area contributed by atoms with Crippen molar-refractivity contribution < 1.29 is 20.1 Å². The zero-order chi connectivity index (χ0) is 45.0. The molecule has 0 saturated carbocycles. The van der Waals surface area contributed by atoms with Crippen LogP contribution in [0, 0.1) is 6.07 Å². The summed E-state index contributed by atoms with van der Waals surface area (Å²) in [5.74, 6) is 1.80. The molecule has 0 bridgehead atoms. The summed E-state index contributed by atoms with van der Waals surface area (Å²) in [5.41, 5.74) is 20.9. The van der Waals surface area contributed by atoms with Crippen molar-refractivity contribution in [1.29, 1.82) is 0 Å². The van der Waals surface area contributed by atoms with Gasteiger partial charge in [0.25, 0.3) is 0 Å². The van der Waals surface area contributed by atoms with Crippen LogP contribution < -0.4 is 0 Å². The van der Waals surface area contributed by atoms with E-state index in [9.17, 15) is 0 Å². The van der Waals surface area contributed by atoms with Crippen LogP contribution in [0.15, 0.2) is 194 Å². The van der Waals surface area contributed by atoms with Gasteiger partial charge in [0.15, 0.2) is 11.6 Å². The molecule has 5 nitrogen and oxygen atoms in total. The molecular weight excluding hydrogens is 1010 g/mol. The van der Waals surface area contributed by atoms with E-state index >= 15 is 0 Å². The minimum atomic E-state index is -0.144. The number of fused-ring (bicyclic) bond motifs is 9. The molecule has 0 aliphatic heterocycles. The Morgan fingerprint density at radius 3 is 1.69 bits per heavy atom. The van der Waals surface area contributed by atoms with Crippen molar-refractivity contribution in [2.75, 3.05) is 0 Å². The van der Waals surface area contributed by atoms with Crippen molar-refractivity contribution in [2.45, 2.75) is 38.5 Å². The molecule has 3 heterocycles. The van der Waals surface area contributed by atoms with Gasteiger partial charge in [0.2, 0.25) is 5.95 Å². The molecule has 0 fully saturated rings. The number of nitrogens with zero attached hydrogens (tertiary/aromatic N) is 5. The van der Waals surface area contributed by atoms with Crippen LogP contribution in [0.2, 0.25) is 0 Å². The van der Waals surface area contributed by atoms with Crippen LogP contribution in [0.3, 0.4) is 0 Å². The van der Waals surface area contributed by atoms with Crippen LogP contribution in [0.5, 0.6) is 0 Å². The molecule has 2 aliphatic rings. The number of rotatable bonds is 6. The second-order valence-corrected chi connectivity index (χ2v) is 19.0. The van der Waals surface area contributed by atoms with Gasteiger partial charge in [-0.1, -0.05) is 155 Å². The molecule has 0 amide bonds. The Kier molecular flexibility index (Phi) is 9.67. The third kappa shape index (κ3) is 6.47. The molecule has 0 atom stereocenters. The van der Waals surface area contributed by atoms with E-state index in [2.05, 4.69) is 171 Å². The molecule has 0 saturated heterocycles. The maximum absolute atomic E-state index is 5.27. The van der Waals surface area contributed by atoms with Crippen LogP contribution in [-0.2, 0) is 30.9 Å². The Morgan fingerprint density at radius 1 is 0.412 bits per heavy atom. The number of hydrogen-bond donors (Lipinski definition) is 0. The average molecular weight is 1050 g/mol. The second kappa shape index (κ2) is 15.7. The van der Waals surface area contributed by atoms with Gasteiger partial charge in [-0.05, 0) is 109 Å². The van der Waals surface area contributed by atoms with Gasteiger partial charge < -0.3 is 4.98 Å². The molecule has 3 aromatic heterocycles. The fourth-order valence-electron chi connectivity index (χ4n) is 10.9. The summed E-state index contributed by atoms with van der Waals surface area (Å²) in [7, 11) is 0. The van der Waals surface area contributed by atoms with Crippen LogP contribution in [0.4, 0.5) is 0 Å². The van der Waals surface area contributed by atoms with E-state index in [-0.39, 0.29) is 30.9 Å². The zero-order valence-corrected chi connectivity index (χ0v) is 40.4. The fourth-order valence-corrected chi connectivity index (χ4v) is 10.9. The van der Waals surface area contributed by atoms with Crippen molar-refractivity contribution in [2.24, 2.45) is 0 Å². The fraction of sp³-hybridized carbons (Fsp3) is 0.0968. The predicted molar refractivity (Wildman–Crippen MR) is 273 cm³/mol. The first kappa shape index (κ1) is 41.8. The van der Waals surface area contributed by atoms with Gasteiger partial charge in [0.05, 0.1) is 11.0 Å². The molecule has 13 rings (SSSR count). The standard InChI is InChI=1S/C62H44N5.Ir/c1-61(2)51-23-12-11-22-45(51)48-36-54-49(37-53(48)61)47-33-41(26-29-52(47)62(54,3)4)43-25-28-46-50-34-42(40-20-15-21-44(32-40)55-24-13-14-31-63-55)27-30-56(50)67(57(46)35-43)60-65-58(38-16-7-5-8-17-38)64-59(66-60)39-18-9-6-10-19-39;/h5-20,22-37H,1-4H3;/q-1;. The van der Waals surface area contributed by atoms with E-state index in [1.165, 1.54) is 44.5 Å². The van der Waals surface area contributed by atoms with E-state index < -0.39 is 0 Å². The van der Waals surface area contributed by atoms with Crippen LogP contribution in [-0.4, -0.2) is 24.5 Å². The summed E-state index contributed by atoms with van der Waals surface area (Å²) < 4.78 is 2.23. The molecule has 2 aliphatic carbocycles. The maximum atomic E-state index is 5.27. The van der Waals surface area contributed by atoms with Gasteiger partial charge in [0.1, 0.15) is 0 Å². The Morgan fingerprint density at radius 2 is 0.985 bits per heavy atom. The average Bonchev–Trinajstić information content (AvgIpc) is 3.92. The summed E-state index contributed by atoms with van der Waals surface area (Å²) in [6.45, 7) is 9.50. The quantitative estimate of drug-likeness (QED) is 0.156. The molecule has 8 aromatic carbocycles. The minimum absolute atomic E-state index is 0. The number of benzene rings is 8. The van der Waals surface area contributed by atoms with Gasteiger partial charge in [-0.15, -0.1) is 35.4 Å². The first-order chi connectivity index (χ1) is 32.7. The monoisotopic (exact) mass is 1050 g/mol. The van der Waals surface area contributed by atoms with E-state index in [1.807, 2.05) is 66.9 Å². The van der Waals surface area contributed by atoms with E-state index in [0.29, 0.717) is 17.6 Å². The smallest absolute Gasteiger partial charge is 0.238 e. The zero-order valence-electron chi connectivity index (χ0n) is 38.0. The maximum Gasteiger partial charge on any atom is 0.238 e. The minimum Gasteiger partial charge on any atom is -0.305 e. The van der Waals surface area contributed by atoms with Crippen LogP contribution >= 0.6 is 0 Å². The van der Waals surface area contributed by atoms with Gasteiger partial charge in [-0.3, -0.25) is 4.57 Å². The van der Waals surface area contributed by atoms with Crippen molar-refractivity contribution in [1.82, 2.24) is 24.5 Å². The van der Waals surface area contributed by atoms with Crippen LogP contribution in [0.25, 0.3) is 106 Å². The van der Waals surface area contributed by atoms with Crippen molar-refractivity contribution in [3.63, 3.8) is 0 Å². The third-order valence-electron chi connectivity index (χ3n) is 14.4. The van der Waals surface area contributed by atoms with Gasteiger partial charge in [-0.25, -0.2) is 4.98 Å². The summed E-state index contributed by atoms with van der Waals surface area (Å²) >= 11 is 0. The predicted octanol–water partition coefficient (Wildman–Crippen LogP) is 15.1. The number of aromatic nitrogens is 5. The summed E-state index contributed by atoms with van der Waals surface area (Å²) in [4.78, 5) is 20.2. The third-order valence-corrected chi connectivity index (χ3v) is 14.4. The normalized spacial score (nSPS) is 13.7.